The van der Waals surface area contributed by atoms with E-state index in [0.717, 1.165) is 74.1 Å². The van der Waals surface area contributed by atoms with E-state index in [2.05, 4.69) is 88.0 Å². The predicted molar refractivity (Wildman–Crippen MR) is 160 cm³/mol. The van der Waals surface area contributed by atoms with Crippen molar-refractivity contribution in [3.63, 3.8) is 0 Å². The van der Waals surface area contributed by atoms with Crippen LogP contribution >= 0.6 is 0 Å². The van der Waals surface area contributed by atoms with E-state index in [0.29, 0.717) is 5.95 Å². The van der Waals surface area contributed by atoms with Crippen LogP contribution < -0.4 is 20.4 Å². The maximum absolute atomic E-state index is 5.03. The lowest BCUT2D eigenvalue weighted by atomic mass is 10.1. The molecule has 5 rings (SSSR count). The van der Waals surface area contributed by atoms with Gasteiger partial charge in [0.15, 0.2) is 0 Å². The minimum atomic E-state index is 0.627. The molecule has 0 saturated carbocycles. The summed E-state index contributed by atoms with van der Waals surface area (Å²) in [5.74, 6) is 0.627. The van der Waals surface area contributed by atoms with Crippen molar-refractivity contribution in [2.45, 2.75) is 25.7 Å². The zero-order valence-electron chi connectivity index (χ0n) is 22.5. The van der Waals surface area contributed by atoms with Crippen LogP contribution in [-0.2, 0) is 6.42 Å². The number of piperidine rings is 1. The number of rotatable bonds is 9. The van der Waals surface area contributed by atoms with Crippen molar-refractivity contribution >= 4 is 28.7 Å². The van der Waals surface area contributed by atoms with Crippen molar-refractivity contribution in [2.75, 3.05) is 66.7 Å². The van der Waals surface area contributed by atoms with Gasteiger partial charge in [-0.2, -0.15) is 0 Å². The van der Waals surface area contributed by atoms with E-state index < -0.39 is 0 Å². The number of aromatic nitrogens is 2. The fourth-order valence-electron chi connectivity index (χ4n) is 5.14. The average molecular weight is 510 g/mol. The molecule has 7 heteroatoms. The summed E-state index contributed by atoms with van der Waals surface area (Å²) in [6.45, 7) is 14.2. The average Bonchev–Trinajstić information content (AvgIpc) is 2.95. The highest BCUT2D eigenvalue weighted by atomic mass is 15.2. The minimum Gasteiger partial charge on any atom is -0.369 e. The fourth-order valence-corrected chi connectivity index (χ4v) is 5.14. The molecule has 198 valence electrons. The van der Waals surface area contributed by atoms with E-state index >= 15 is 0 Å². The van der Waals surface area contributed by atoms with E-state index in [-0.39, 0.29) is 0 Å². The quantitative estimate of drug-likeness (QED) is 0.361. The smallest absolute Gasteiger partial charge is 0.227 e. The van der Waals surface area contributed by atoms with Gasteiger partial charge in [0.1, 0.15) is 0 Å². The number of nitrogens with zero attached hydrogens (tertiary/aromatic N) is 5. The molecule has 3 heterocycles. The highest BCUT2D eigenvalue weighted by molar-refractivity contribution is 5.61. The van der Waals surface area contributed by atoms with Crippen molar-refractivity contribution in [1.82, 2.24) is 14.9 Å². The number of benzene rings is 2. The summed E-state index contributed by atoms with van der Waals surface area (Å²) in [6.07, 6.45) is 8.15. The molecule has 0 atom stereocenters. The van der Waals surface area contributed by atoms with E-state index in [9.17, 15) is 0 Å². The number of piperazine rings is 1. The van der Waals surface area contributed by atoms with Crippen LogP contribution in [0.2, 0.25) is 0 Å². The number of hydrogen-bond acceptors (Lipinski definition) is 7. The highest BCUT2D eigenvalue weighted by Crippen LogP contribution is 2.28. The lowest BCUT2D eigenvalue weighted by Crippen LogP contribution is -2.44. The number of anilines is 5. The van der Waals surface area contributed by atoms with Gasteiger partial charge in [0.2, 0.25) is 5.95 Å². The number of likely N-dealkylation sites (N-methyl/N-ethyl adjacent to an activating group) is 1. The Morgan fingerprint density at radius 2 is 1.68 bits per heavy atom. The third-order valence-corrected chi connectivity index (χ3v) is 7.38. The summed E-state index contributed by atoms with van der Waals surface area (Å²) in [6, 6.07) is 17.0. The van der Waals surface area contributed by atoms with Crippen molar-refractivity contribution in [2.24, 2.45) is 0 Å². The molecule has 2 aliphatic rings. The van der Waals surface area contributed by atoms with Crippen molar-refractivity contribution < 1.29 is 0 Å². The second kappa shape index (κ2) is 12.1. The summed E-state index contributed by atoms with van der Waals surface area (Å²) < 4.78 is 0. The van der Waals surface area contributed by atoms with Gasteiger partial charge in [-0.25, -0.2) is 9.97 Å². The first-order valence-electron chi connectivity index (χ1n) is 13.7. The van der Waals surface area contributed by atoms with Crippen molar-refractivity contribution in [3.05, 3.63) is 90.9 Å². The first-order valence-corrected chi connectivity index (χ1v) is 13.7. The van der Waals surface area contributed by atoms with Gasteiger partial charge in [0.05, 0.1) is 17.6 Å². The monoisotopic (exact) mass is 509 g/mol. The molecule has 0 aliphatic carbocycles. The normalized spacial score (nSPS) is 16.2. The molecule has 0 spiro atoms. The first-order chi connectivity index (χ1) is 18.6. The number of allylic oxidation sites excluding steroid dienone is 1. The molecule has 2 saturated heterocycles. The molecule has 0 unspecified atom stereocenters. The van der Waals surface area contributed by atoms with E-state index in [4.69, 9.17) is 9.97 Å². The summed E-state index contributed by atoms with van der Waals surface area (Å²) in [5, 5.41) is 6.74. The fraction of sp³-hybridized carbons (Fsp3) is 0.355. The Morgan fingerprint density at radius 3 is 2.42 bits per heavy atom. The molecule has 1 aromatic heterocycles. The van der Waals surface area contributed by atoms with Crippen LogP contribution in [0.3, 0.4) is 0 Å². The maximum atomic E-state index is 5.03. The zero-order valence-corrected chi connectivity index (χ0v) is 22.5. The summed E-state index contributed by atoms with van der Waals surface area (Å²) in [4.78, 5) is 17.0. The molecule has 0 bridgehead atoms. The van der Waals surface area contributed by atoms with Crippen LogP contribution in [-0.4, -0.2) is 61.2 Å². The third-order valence-electron chi connectivity index (χ3n) is 7.38. The Morgan fingerprint density at radius 1 is 0.921 bits per heavy atom. The molecule has 2 aromatic carbocycles. The zero-order chi connectivity index (χ0) is 26.3. The van der Waals surface area contributed by atoms with Gasteiger partial charge >= 0.3 is 0 Å². The molecular weight excluding hydrogens is 470 g/mol. The first kappa shape index (κ1) is 25.8. The van der Waals surface area contributed by atoms with Crippen LogP contribution in [0.4, 0.5) is 28.7 Å². The SMILES string of the molecule is C=CC(=C)Nc1cccc(Cc2nc(Nc3ccc(N4CCN(C)CC4)cc3)ncc2N2CCCCC2)c1. The molecule has 7 nitrogen and oxygen atoms in total. The van der Waals surface area contributed by atoms with Gasteiger partial charge in [0.25, 0.3) is 0 Å². The Labute approximate surface area is 226 Å². The lowest BCUT2D eigenvalue weighted by molar-refractivity contribution is 0.313. The lowest BCUT2D eigenvalue weighted by Gasteiger charge is -2.34. The molecular formula is C31H39N7. The largest absolute Gasteiger partial charge is 0.369 e. The Hall–Kier alpha value is -3.84. The van der Waals surface area contributed by atoms with Crippen LogP contribution in [0, 0.1) is 0 Å². The van der Waals surface area contributed by atoms with E-state index in [1.165, 1.54) is 30.5 Å². The molecule has 2 fully saturated rings. The topological polar surface area (TPSA) is 59.6 Å². The van der Waals surface area contributed by atoms with Gasteiger partial charge < -0.3 is 25.3 Å². The van der Waals surface area contributed by atoms with Crippen LogP contribution in [0.1, 0.15) is 30.5 Å². The molecule has 3 aromatic rings. The predicted octanol–water partition coefficient (Wildman–Crippen LogP) is 5.66. The Balaban J connectivity index is 1.35. The van der Waals surface area contributed by atoms with Gasteiger partial charge in [-0.15, -0.1) is 0 Å². The van der Waals surface area contributed by atoms with Crippen LogP contribution in [0.25, 0.3) is 0 Å². The second-order valence-corrected chi connectivity index (χ2v) is 10.3. The van der Waals surface area contributed by atoms with Crippen LogP contribution in [0.5, 0.6) is 0 Å². The van der Waals surface area contributed by atoms with Crippen molar-refractivity contribution in [1.29, 1.82) is 0 Å². The molecule has 2 aliphatic heterocycles. The van der Waals surface area contributed by atoms with E-state index in [1.54, 1.807) is 6.08 Å². The Bertz CT molecular complexity index is 1240. The maximum Gasteiger partial charge on any atom is 0.227 e. The van der Waals surface area contributed by atoms with Crippen LogP contribution in [0.15, 0.2) is 79.7 Å². The Kier molecular flexibility index (Phi) is 8.24. The van der Waals surface area contributed by atoms with Crippen molar-refractivity contribution in [3.8, 4) is 0 Å². The summed E-state index contributed by atoms with van der Waals surface area (Å²) >= 11 is 0. The van der Waals surface area contributed by atoms with Gasteiger partial charge in [-0.3, -0.25) is 0 Å². The van der Waals surface area contributed by atoms with E-state index in [1.807, 2.05) is 12.3 Å². The molecule has 0 radical (unpaired) electrons. The highest BCUT2D eigenvalue weighted by Gasteiger charge is 2.18. The summed E-state index contributed by atoms with van der Waals surface area (Å²) in [5.41, 5.74) is 7.40. The van der Waals surface area contributed by atoms with Gasteiger partial charge in [-0.05, 0) is 74.3 Å². The number of nitrogens with one attached hydrogen (secondary N) is 2. The second-order valence-electron chi connectivity index (χ2n) is 10.3. The molecule has 2 N–H and O–H groups in total. The third kappa shape index (κ3) is 6.53. The van der Waals surface area contributed by atoms with Gasteiger partial charge in [0, 0.05) is 68.4 Å². The molecule has 38 heavy (non-hydrogen) atoms. The summed E-state index contributed by atoms with van der Waals surface area (Å²) in [7, 11) is 2.18. The number of hydrogen-bond donors (Lipinski definition) is 2. The van der Waals surface area contributed by atoms with Gasteiger partial charge in [-0.1, -0.05) is 25.3 Å². The molecule has 0 amide bonds. The standard InChI is InChI=1S/C31H39N7/c1-4-24(2)33-27-10-8-9-25(21-27)22-29-30(38-15-6-5-7-16-38)23-32-31(35-29)34-26-11-13-28(14-12-26)37-19-17-36(3)18-20-37/h4,8-14,21,23,33H,1-2,5-7,15-20,22H2,3H3,(H,32,34,35). The minimum absolute atomic E-state index is 0.627.